The Morgan fingerprint density at radius 2 is 1.83 bits per heavy atom. The molecule has 8 nitrogen and oxygen atoms in total. The second-order valence-corrected chi connectivity index (χ2v) is 9.13. The van der Waals surface area contributed by atoms with Crippen LogP contribution in [0.25, 0.3) is 11.0 Å². The highest BCUT2D eigenvalue weighted by Crippen LogP contribution is 2.57. The molecule has 1 aromatic carbocycles. The van der Waals surface area contributed by atoms with Gasteiger partial charge in [0.05, 0.1) is 17.1 Å². The Labute approximate surface area is 172 Å². The van der Waals surface area contributed by atoms with Crippen molar-refractivity contribution < 1.29 is 18.9 Å². The normalized spacial score (nSPS) is 29.3. The third-order valence-electron chi connectivity index (χ3n) is 6.95. The van der Waals surface area contributed by atoms with Crippen LogP contribution in [-0.2, 0) is 4.74 Å². The van der Waals surface area contributed by atoms with E-state index in [4.69, 9.17) is 9.15 Å². The molecule has 4 aliphatic rings. The first-order valence-corrected chi connectivity index (χ1v) is 10.6. The number of hydrogen-bond acceptors (Lipinski definition) is 6. The van der Waals surface area contributed by atoms with Crippen LogP contribution >= 0.6 is 0 Å². The minimum absolute atomic E-state index is 0.0274. The minimum Gasteiger partial charge on any atom is -0.422 e. The van der Waals surface area contributed by atoms with Crippen LogP contribution in [0, 0.1) is 27.9 Å². The SMILES string of the molecule is O=C(NCCOC12CC3CC(CC(C3)C1)C2)c1cc2cc([N+](=O)[O-])ccc2oc1=O. The minimum atomic E-state index is -0.768. The number of benzene rings is 1. The van der Waals surface area contributed by atoms with Gasteiger partial charge in [0.1, 0.15) is 11.1 Å². The van der Waals surface area contributed by atoms with Gasteiger partial charge in [0.2, 0.25) is 0 Å². The molecule has 4 bridgehead atoms. The molecule has 0 radical (unpaired) electrons. The van der Waals surface area contributed by atoms with Gasteiger partial charge in [-0.3, -0.25) is 14.9 Å². The molecule has 6 rings (SSSR count). The lowest BCUT2D eigenvalue weighted by Crippen LogP contribution is -2.52. The zero-order valence-corrected chi connectivity index (χ0v) is 16.6. The molecule has 4 saturated carbocycles. The average Bonchev–Trinajstić information content (AvgIpc) is 2.69. The summed E-state index contributed by atoms with van der Waals surface area (Å²) < 4.78 is 11.4. The lowest BCUT2D eigenvalue weighted by atomic mass is 9.54. The van der Waals surface area contributed by atoms with Crippen molar-refractivity contribution in [2.24, 2.45) is 17.8 Å². The van der Waals surface area contributed by atoms with Crippen molar-refractivity contribution in [1.82, 2.24) is 5.32 Å². The van der Waals surface area contributed by atoms with Crippen molar-refractivity contribution in [2.75, 3.05) is 13.2 Å². The van der Waals surface area contributed by atoms with E-state index in [1.165, 1.54) is 43.5 Å². The maximum Gasteiger partial charge on any atom is 0.349 e. The Morgan fingerprint density at radius 3 is 2.47 bits per heavy atom. The number of fused-ring (bicyclic) bond motifs is 1. The molecule has 30 heavy (non-hydrogen) atoms. The second kappa shape index (κ2) is 7.19. The van der Waals surface area contributed by atoms with Crippen LogP contribution in [0.4, 0.5) is 5.69 Å². The van der Waals surface area contributed by atoms with Gasteiger partial charge in [-0.05, 0) is 68.4 Å². The fraction of sp³-hybridized carbons (Fsp3) is 0.545. The van der Waals surface area contributed by atoms with Crippen molar-refractivity contribution in [2.45, 2.75) is 44.1 Å². The Hall–Kier alpha value is -2.74. The summed E-state index contributed by atoms with van der Waals surface area (Å²) in [6, 6.07) is 5.23. The molecule has 0 aliphatic heterocycles. The number of hydrogen-bond donors (Lipinski definition) is 1. The van der Waals surface area contributed by atoms with E-state index < -0.39 is 16.5 Å². The van der Waals surface area contributed by atoms with E-state index in [0.717, 1.165) is 37.0 Å². The molecule has 4 aliphatic carbocycles. The maximum absolute atomic E-state index is 12.5. The zero-order valence-electron chi connectivity index (χ0n) is 16.6. The fourth-order valence-corrected chi connectivity index (χ4v) is 6.12. The molecule has 158 valence electrons. The summed E-state index contributed by atoms with van der Waals surface area (Å²) in [6.45, 7) is 0.704. The molecule has 0 atom stereocenters. The number of nitrogens with one attached hydrogen (secondary N) is 1. The molecule has 1 amide bonds. The predicted octanol–water partition coefficient (Wildman–Crippen LogP) is 3.42. The van der Waals surface area contributed by atoms with Gasteiger partial charge in [0, 0.05) is 24.1 Å². The quantitative estimate of drug-likeness (QED) is 0.337. The van der Waals surface area contributed by atoms with Crippen molar-refractivity contribution in [1.29, 1.82) is 0 Å². The highest BCUT2D eigenvalue weighted by Gasteiger charge is 2.51. The summed E-state index contributed by atoms with van der Waals surface area (Å²) in [5.74, 6) is 1.80. The van der Waals surface area contributed by atoms with Crippen molar-refractivity contribution in [3.05, 3.63) is 50.4 Å². The van der Waals surface area contributed by atoms with E-state index in [2.05, 4.69) is 5.32 Å². The Kier molecular flexibility index (Phi) is 4.61. The van der Waals surface area contributed by atoms with Gasteiger partial charge in [-0.2, -0.15) is 0 Å². The first-order valence-electron chi connectivity index (χ1n) is 10.6. The molecule has 0 saturated heterocycles. The molecule has 1 N–H and O–H groups in total. The Morgan fingerprint density at radius 1 is 1.17 bits per heavy atom. The summed E-state index contributed by atoms with van der Waals surface area (Å²) >= 11 is 0. The molecule has 1 heterocycles. The molecule has 4 fully saturated rings. The monoisotopic (exact) mass is 412 g/mol. The molecule has 8 heteroatoms. The van der Waals surface area contributed by atoms with Gasteiger partial charge in [0.25, 0.3) is 11.6 Å². The summed E-state index contributed by atoms with van der Waals surface area (Å²) in [5, 5.41) is 14.0. The van der Waals surface area contributed by atoms with Gasteiger partial charge in [-0.1, -0.05) is 0 Å². The van der Waals surface area contributed by atoms with Gasteiger partial charge < -0.3 is 14.5 Å². The predicted molar refractivity (Wildman–Crippen MR) is 108 cm³/mol. The lowest BCUT2D eigenvalue weighted by molar-refractivity contribution is -0.384. The van der Waals surface area contributed by atoms with Gasteiger partial charge in [0.15, 0.2) is 0 Å². The number of nitro benzene ring substituents is 1. The van der Waals surface area contributed by atoms with Crippen molar-refractivity contribution >= 4 is 22.6 Å². The van der Waals surface area contributed by atoms with Crippen LogP contribution in [0.5, 0.6) is 0 Å². The van der Waals surface area contributed by atoms with E-state index >= 15 is 0 Å². The topological polar surface area (TPSA) is 112 Å². The largest absolute Gasteiger partial charge is 0.422 e. The zero-order chi connectivity index (χ0) is 20.9. The van der Waals surface area contributed by atoms with E-state index in [9.17, 15) is 19.7 Å². The fourth-order valence-electron chi connectivity index (χ4n) is 6.12. The van der Waals surface area contributed by atoms with Gasteiger partial charge in [-0.25, -0.2) is 4.79 Å². The first-order chi connectivity index (χ1) is 14.4. The van der Waals surface area contributed by atoms with E-state index in [1.54, 1.807) is 0 Å². The third kappa shape index (κ3) is 3.49. The van der Waals surface area contributed by atoms with Crippen molar-refractivity contribution in [3.8, 4) is 0 Å². The number of non-ortho nitro benzene ring substituents is 1. The summed E-state index contributed by atoms with van der Waals surface area (Å²) in [4.78, 5) is 35.1. The number of nitrogens with zero attached hydrogens (tertiary/aromatic N) is 1. The van der Waals surface area contributed by atoms with Crippen molar-refractivity contribution in [3.63, 3.8) is 0 Å². The van der Waals surface area contributed by atoms with Gasteiger partial charge in [-0.15, -0.1) is 0 Å². The van der Waals surface area contributed by atoms with Gasteiger partial charge >= 0.3 is 5.63 Å². The molecule has 1 aromatic heterocycles. The van der Waals surface area contributed by atoms with Crippen LogP contribution in [0.3, 0.4) is 0 Å². The number of ether oxygens (including phenoxy) is 1. The Balaban J connectivity index is 1.22. The third-order valence-corrected chi connectivity index (χ3v) is 6.95. The van der Waals surface area contributed by atoms with Crippen LogP contribution < -0.4 is 10.9 Å². The Bertz CT molecular complexity index is 1040. The number of carbonyl (C=O) groups is 1. The second-order valence-electron chi connectivity index (χ2n) is 9.13. The van der Waals surface area contributed by atoms with E-state index in [0.29, 0.717) is 18.5 Å². The standard InChI is InChI=1S/C22H24N2O6/c25-20(18-9-16-8-17(24(27)28)1-2-19(16)30-21(18)26)23-3-4-29-22-10-13-5-14(11-22)7-15(6-13)12-22/h1-2,8-9,13-15H,3-7,10-12H2,(H,23,25). The van der Waals surface area contributed by atoms with Crippen LogP contribution in [-0.4, -0.2) is 29.6 Å². The smallest absolute Gasteiger partial charge is 0.349 e. The molecule has 2 aromatic rings. The molecular formula is C22H24N2O6. The lowest BCUT2D eigenvalue weighted by Gasteiger charge is -2.56. The van der Waals surface area contributed by atoms with E-state index in [-0.39, 0.29) is 22.4 Å². The highest BCUT2D eigenvalue weighted by atomic mass is 16.6. The number of rotatable bonds is 6. The number of carbonyl (C=O) groups excluding carboxylic acids is 1. The van der Waals surface area contributed by atoms with Crippen LogP contribution in [0.15, 0.2) is 33.5 Å². The number of amides is 1. The van der Waals surface area contributed by atoms with E-state index in [1.807, 2.05) is 0 Å². The summed E-state index contributed by atoms with van der Waals surface area (Å²) in [7, 11) is 0. The number of nitro groups is 1. The molecular weight excluding hydrogens is 388 g/mol. The summed E-state index contributed by atoms with van der Waals surface area (Å²) in [6.07, 6.45) is 7.40. The van der Waals surface area contributed by atoms with Crippen LogP contribution in [0.2, 0.25) is 0 Å². The molecule has 0 unspecified atom stereocenters. The summed E-state index contributed by atoms with van der Waals surface area (Å²) in [5.41, 5.74) is -0.895. The first kappa shape index (κ1) is 19.2. The maximum atomic E-state index is 12.5. The molecule has 0 spiro atoms. The average molecular weight is 412 g/mol. The van der Waals surface area contributed by atoms with Crippen LogP contribution in [0.1, 0.15) is 48.9 Å². The highest BCUT2D eigenvalue weighted by molar-refractivity contribution is 5.96.